The zero-order chi connectivity index (χ0) is 13.6. The van der Waals surface area contributed by atoms with E-state index in [0.717, 1.165) is 25.9 Å². The molecule has 0 bridgehead atoms. The minimum absolute atomic E-state index is 0.0445. The Hall–Kier alpha value is -0.620. The zero-order valence-corrected chi connectivity index (χ0v) is 12.1. The van der Waals surface area contributed by atoms with E-state index in [4.69, 9.17) is 0 Å². The number of amides is 1. The lowest BCUT2D eigenvalue weighted by Gasteiger charge is -2.23. The van der Waals surface area contributed by atoms with Crippen LogP contribution in [0.4, 0.5) is 0 Å². The summed E-state index contributed by atoms with van der Waals surface area (Å²) in [5.41, 5.74) is 0. The average molecular weight is 276 g/mol. The molecule has 0 aromatic rings. The molecule has 1 fully saturated rings. The molecule has 1 saturated heterocycles. The van der Waals surface area contributed by atoms with E-state index < -0.39 is 9.84 Å². The van der Waals surface area contributed by atoms with Crippen molar-refractivity contribution in [3.63, 3.8) is 0 Å². The number of hydrogen-bond acceptors (Lipinski definition) is 4. The first-order valence-corrected chi connectivity index (χ1v) is 8.41. The Balaban J connectivity index is 2.27. The summed E-state index contributed by atoms with van der Waals surface area (Å²) in [5.74, 6) is 0.0687. The van der Waals surface area contributed by atoms with Crippen LogP contribution in [0.2, 0.25) is 0 Å². The van der Waals surface area contributed by atoms with Crippen LogP contribution in [0, 0.1) is 5.92 Å². The van der Waals surface area contributed by atoms with Gasteiger partial charge in [-0.15, -0.1) is 0 Å². The van der Waals surface area contributed by atoms with E-state index in [-0.39, 0.29) is 35.8 Å². The molecule has 1 rings (SSSR count). The smallest absolute Gasteiger partial charge is 0.221 e. The van der Waals surface area contributed by atoms with Gasteiger partial charge in [-0.1, -0.05) is 13.8 Å². The van der Waals surface area contributed by atoms with Crippen molar-refractivity contribution in [2.75, 3.05) is 24.6 Å². The van der Waals surface area contributed by atoms with Crippen LogP contribution in [-0.4, -0.2) is 45.0 Å². The van der Waals surface area contributed by atoms with Crippen LogP contribution in [-0.2, 0) is 14.6 Å². The zero-order valence-electron chi connectivity index (χ0n) is 11.2. The van der Waals surface area contributed by atoms with Crippen LogP contribution >= 0.6 is 0 Å². The molecule has 0 spiro atoms. The Morgan fingerprint density at radius 1 is 1.44 bits per heavy atom. The van der Waals surface area contributed by atoms with E-state index in [2.05, 4.69) is 10.6 Å². The molecule has 6 heteroatoms. The van der Waals surface area contributed by atoms with Gasteiger partial charge in [0.15, 0.2) is 9.84 Å². The summed E-state index contributed by atoms with van der Waals surface area (Å²) in [7, 11) is -3.09. The van der Waals surface area contributed by atoms with E-state index in [9.17, 15) is 13.2 Å². The number of nitrogens with one attached hydrogen (secondary N) is 2. The van der Waals surface area contributed by atoms with Gasteiger partial charge in [0.1, 0.15) is 0 Å². The third kappa shape index (κ3) is 6.35. The fraction of sp³-hybridized carbons (Fsp3) is 0.917. The molecular weight excluding hydrogens is 252 g/mol. The maximum atomic E-state index is 11.6. The van der Waals surface area contributed by atoms with Crippen molar-refractivity contribution in [3.05, 3.63) is 0 Å². The van der Waals surface area contributed by atoms with E-state index >= 15 is 0 Å². The molecule has 1 heterocycles. The highest BCUT2D eigenvalue weighted by Gasteiger charge is 2.18. The van der Waals surface area contributed by atoms with Gasteiger partial charge in [-0.25, -0.2) is 8.42 Å². The second kappa shape index (κ2) is 7.09. The molecule has 0 aliphatic carbocycles. The summed E-state index contributed by atoms with van der Waals surface area (Å²) in [6.07, 6.45) is 2.10. The minimum Gasteiger partial charge on any atom is -0.352 e. The van der Waals surface area contributed by atoms with Crippen molar-refractivity contribution in [1.82, 2.24) is 10.6 Å². The van der Waals surface area contributed by atoms with E-state index in [1.165, 1.54) is 0 Å². The highest BCUT2D eigenvalue weighted by Crippen LogP contribution is 2.04. The van der Waals surface area contributed by atoms with Crippen molar-refractivity contribution >= 4 is 15.7 Å². The lowest BCUT2D eigenvalue weighted by atomic mass is 10.1. The maximum absolute atomic E-state index is 11.6. The normalized spacial score (nSPS) is 20.9. The Labute approximate surface area is 110 Å². The second-order valence-corrected chi connectivity index (χ2v) is 7.60. The van der Waals surface area contributed by atoms with Crippen LogP contribution in [0.25, 0.3) is 0 Å². The summed E-state index contributed by atoms with van der Waals surface area (Å²) in [6, 6.07) is 0.152. The summed E-state index contributed by atoms with van der Waals surface area (Å²) < 4.78 is 23.3. The van der Waals surface area contributed by atoms with Crippen molar-refractivity contribution in [3.8, 4) is 0 Å². The Morgan fingerprint density at radius 3 is 2.72 bits per heavy atom. The van der Waals surface area contributed by atoms with Gasteiger partial charge in [-0.2, -0.15) is 0 Å². The Morgan fingerprint density at radius 2 is 2.17 bits per heavy atom. The lowest BCUT2D eigenvalue weighted by molar-refractivity contribution is -0.121. The van der Waals surface area contributed by atoms with Gasteiger partial charge in [0.05, 0.1) is 11.5 Å². The highest BCUT2D eigenvalue weighted by atomic mass is 32.2. The number of piperidine rings is 1. The first kappa shape index (κ1) is 15.4. The molecule has 106 valence electrons. The topological polar surface area (TPSA) is 75.3 Å². The van der Waals surface area contributed by atoms with Crippen LogP contribution in [0.1, 0.15) is 33.1 Å². The Kier molecular flexibility index (Phi) is 6.08. The first-order chi connectivity index (χ1) is 8.39. The van der Waals surface area contributed by atoms with E-state index in [1.54, 1.807) is 0 Å². The van der Waals surface area contributed by atoms with E-state index in [1.807, 2.05) is 13.8 Å². The molecule has 1 aliphatic heterocycles. The third-order valence-electron chi connectivity index (χ3n) is 2.89. The summed E-state index contributed by atoms with van der Waals surface area (Å²) >= 11 is 0. The predicted molar refractivity (Wildman–Crippen MR) is 72.1 cm³/mol. The van der Waals surface area contributed by atoms with Crippen LogP contribution in [0.5, 0.6) is 0 Å². The summed E-state index contributed by atoms with van der Waals surface area (Å²) in [5, 5.41) is 6.08. The first-order valence-electron chi connectivity index (χ1n) is 6.59. The molecule has 0 aromatic heterocycles. The Bertz CT molecular complexity index is 360. The molecule has 0 unspecified atom stereocenters. The summed E-state index contributed by atoms with van der Waals surface area (Å²) in [4.78, 5) is 11.6. The van der Waals surface area contributed by atoms with Crippen LogP contribution in [0.15, 0.2) is 0 Å². The number of carbonyl (C=O) groups is 1. The molecule has 0 aromatic carbocycles. The predicted octanol–water partition coefficient (Wildman–Crippen LogP) is 0.316. The van der Waals surface area contributed by atoms with Gasteiger partial charge in [-0.3, -0.25) is 4.79 Å². The molecular formula is C12H24N2O3S. The van der Waals surface area contributed by atoms with Crippen LogP contribution < -0.4 is 10.6 Å². The summed E-state index contributed by atoms with van der Waals surface area (Å²) in [6.45, 7) is 5.51. The molecule has 1 amide bonds. The van der Waals surface area contributed by atoms with E-state index in [0.29, 0.717) is 0 Å². The number of carbonyl (C=O) groups excluding carboxylic acids is 1. The molecule has 0 radical (unpaired) electrons. The fourth-order valence-corrected chi connectivity index (χ4v) is 3.79. The number of hydrogen-bond donors (Lipinski definition) is 2. The van der Waals surface area contributed by atoms with Crippen molar-refractivity contribution in [2.45, 2.75) is 39.2 Å². The molecule has 5 nitrogen and oxygen atoms in total. The van der Waals surface area contributed by atoms with Gasteiger partial charge in [0, 0.05) is 19.0 Å². The SMILES string of the molecule is CC(C)CS(=O)(=O)CCC(=O)N[C@H]1CCCNC1. The lowest BCUT2D eigenvalue weighted by Crippen LogP contribution is -2.45. The molecule has 1 atom stereocenters. The minimum atomic E-state index is -3.09. The quantitative estimate of drug-likeness (QED) is 0.732. The van der Waals surface area contributed by atoms with Crippen molar-refractivity contribution in [1.29, 1.82) is 0 Å². The largest absolute Gasteiger partial charge is 0.352 e. The molecule has 0 saturated carbocycles. The molecule has 2 N–H and O–H groups in total. The van der Waals surface area contributed by atoms with Gasteiger partial charge < -0.3 is 10.6 Å². The van der Waals surface area contributed by atoms with Crippen molar-refractivity contribution in [2.24, 2.45) is 5.92 Å². The number of sulfone groups is 1. The standard InChI is InChI=1S/C12H24N2O3S/c1-10(2)9-18(16,17)7-5-12(15)14-11-4-3-6-13-8-11/h10-11,13H,3-9H2,1-2H3,(H,14,15)/t11-/m0/s1. The van der Waals surface area contributed by atoms with Gasteiger partial charge in [0.25, 0.3) is 0 Å². The second-order valence-electron chi connectivity index (χ2n) is 5.37. The van der Waals surface area contributed by atoms with Gasteiger partial charge in [-0.05, 0) is 25.3 Å². The van der Waals surface area contributed by atoms with Gasteiger partial charge in [0.2, 0.25) is 5.91 Å². The molecule has 1 aliphatic rings. The fourth-order valence-electron chi connectivity index (χ4n) is 2.11. The average Bonchev–Trinajstić information content (AvgIpc) is 2.26. The highest BCUT2D eigenvalue weighted by molar-refractivity contribution is 7.91. The molecule has 18 heavy (non-hydrogen) atoms. The van der Waals surface area contributed by atoms with Gasteiger partial charge >= 0.3 is 0 Å². The third-order valence-corrected chi connectivity index (χ3v) is 4.89. The van der Waals surface area contributed by atoms with Crippen LogP contribution in [0.3, 0.4) is 0 Å². The number of rotatable bonds is 6. The van der Waals surface area contributed by atoms with Crippen molar-refractivity contribution < 1.29 is 13.2 Å². The monoisotopic (exact) mass is 276 g/mol. The maximum Gasteiger partial charge on any atom is 0.221 e.